The quantitative estimate of drug-likeness (QED) is 0.587. The topological polar surface area (TPSA) is 101 Å². The van der Waals surface area contributed by atoms with E-state index in [4.69, 9.17) is 0 Å². The first-order valence-electron chi connectivity index (χ1n) is 6.48. The molecule has 1 aromatic carbocycles. The predicted molar refractivity (Wildman–Crippen MR) is 83.1 cm³/mol. The van der Waals surface area contributed by atoms with E-state index in [1.54, 1.807) is 13.0 Å². The fraction of sp³-hybridized carbons (Fsp3) is 0.462. The first-order chi connectivity index (χ1) is 9.85. The van der Waals surface area contributed by atoms with Gasteiger partial charge in [-0.2, -0.15) is 0 Å². The lowest BCUT2D eigenvalue weighted by atomic mass is 10.1. The molecule has 7 nitrogen and oxygen atoms in total. The number of nitro benzene ring substituents is 1. The van der Waals surface area contributed by atoms with Crippen LogP contribution in [0, 0.1) is 10.1 Å². The van der Waals surface area contributed by atoms with Crippen molar-refractivity contribution in [2.24, 2.45) is 0 Å². The third-order valence-electron chi connectivity index (χ3n) is 2.68. The maximum Gasteiger partial charge on any atom is 0.282 e. The Kier molecular flexibility index (Phi) is 6.29. The highest BCUT2D eigenvalue weighted by Gasteiger charge is 2.22. The van der Waals surface area contributed by atoms with Crippen molar-refractivity contribution in [2.75, 3.05) is 23.9 Å². The van der Waals surface area contributed by atoms with Gasteiger partial charge < -0.3 is 10.6 Å². The Labute approximate surface area is 125 Å². The van der Waals surface area contributed by atoms with E-state index in [1.807, 2.05) is 6.92 Å². The standard InChI is InChI=1S/C13H19N3O4S/c1-4-14-10-5-6-12(16(18)19)11(7-10)13(17)15-9(2)8-21(3)20/h5-7,9,14H,4,8H2,1-3H3,(H,15,17). The predicted octanol–water partition coefficient (Wildman–Crippen LogP) is 1.52. The van der Waals surface area contributed by atoms with Gasteiger partial charge in [-0.15, -0.1) is 0 Å². The number of rotatable bonds is 7. The summed E-state index contributed by atoms with van der Waals surface area (Å²) in [7, 11) is -1.05. The van der Waals surface area contributed by atoms with E-state index in [-0.39, 0.29) is 17.3 Å². The molecule has 1 aromatic rings. The van der Waals surface area contributed by atoms with Gasteiger partial charge in [0.15, 0.2) is 0 Å². The minimum atomic E-state index is -1.05. The molecule has 0 heterocycles. The van der Waals surface area contributed by atoms with Crippen LogP contribution in [0.4, 0.5) is 11.4 Å². The Bertz CT molecular complexity index is 562. The number of anilines is 1. The van der Waals surface area contributed by atoms with Crippen LogP contribution < -0.4 is 10.6 Å². The van der Waals surface area contributed by atoms with E-state index < -0.39 is 21.6 Å². The molecular weight excluding hydrogens is 294 g/mol. The molecule has 0 radical (unpaired) electrons. The number of hydrogen-bond donors (Lipinski definition) is 2. The van der Waals surface area contributed by atoms with Gasteiger partial charge >= 0.3 is 0 Å². The summed E-state index contributed by atoms with van der Waals surface area (Å²) in [5, 5.41) is 16.6. The third-order valence-corrected chi connectivity index (χ3v) is 3.65. The van der Waals surface area contributed by atoms with Crippen molar-refractivity contribution in [3.05, 3.63) is 33.9 Å². The number of nitro groups is 1. The number of amides is 1. The highest BCUT2D eigenvalue weighted by atomic mass is 32.2. The fourth-order valence-corrected chi connectivity index (χ4v) is 2.67. The third kappa shape index (κ3) is 5.14. The average Bonchev–Trinajstić information content (AvgIpc) is 2.37. The highest BCUT2D eigenvalue weighted by molar-refractivity contribution is 7.84. The lowest BCUT2D eigenvalue weighted by molar-refractivity contribution is -0.385. The van der Waals surface area contributed by atoms with Crippen LogP contribution in [0.25, 0.3) is 0 Å². The van der Waals surface area contributed by atoms with Crippen LogP contribution in [-0.4, -0.2) is 39.6 Å². The van der Waals surface area contributed by atoms with Crippen LogP contribution in [0.1, 0.15) is 24.2 Å². The molecule has 21 heavy (non-hydrogen) atoms. The van der Waals surface area contributed by atoms with Crippen LogP contribution in [-0.2, 0) is 10.8 Å². The monoisotopic (exact) mass is 313 g/mol. The number of nitrogens with one attached hydrogen (secondary N) is 2. The molecule has 0 aliphatic carbocycles. The van der Waals surface area contributed by atoms with Crippen molar-refractivity contribution in [2.45, 2.75) is 19.9 Å². The Balaban J connectivity index is 3.01. The molecule has 2 N–H and O–H groups in total. The molecule has 0 aliphatic heterocycles. The van der Waals surface area contributed by atoms with Crippen LogP contribution in [0.5, 0.6) is 0 Å². The molecule has 0 saturated heterocycles. The number of carbonyl (C=O) groups excluding carboxylic acids is 1. The van der Waals surface area contributed by atoms with Crippen molar-refractivity contribution in [1.29, 1.82) is 0 Å². The van der Waals surface area contributed by atoms with E-state index in [0.29, 0.717) is 18.0 Å². The second kappa shape index (κ2) is 7.72. The minimum Gasteiger partial charge on any atom is -0.385 e. The molecule has 2 unspecified atom stereocenters. The van der Waals surface area contributed by atoms with Gasteiger partial charge in [-0.3, -0.25) is 19.1 Å². The smallest absolute Gasteiger partial charge is 0.282 e. The van der Waals surface area contributed by atoms with E-state index in [0.717, 1.165) is 0 Å². The van der Waals surface area contributed by atoms with E-state index in [2.05, 4.69) is 10.6 Å². The van der Waals surface area contributed by atoms with Gasteiger partial charge in [0.25, 0.3) is 11.6 Å². The summed E-state index contributed by atoms with van der Waals surface area (Å²) in [5.74, 6) is -0.244. The minimum absolute atomic E-state index is 0.00724. The first-order valence-corrected chi connectivity index (χ1v) is 8.21. The number of hydrogen-bond acceptors (Lipinski definition) is 5. The molecule has 1 rings (SSSR count). The summed E-state index contributed by atoms with van der Waals surface area (Å²) in [6.45, 7) is 4.24. The zero-order valence-electron chi connectivity index (χ0n) is 12.2. The molecule has 8 heteroatoms. The largest absolute Gasteiger partial charge is 0.385 e. The molecule has 0 spiro atoms. The molecule has 1 amide bonds. The van der Waals surface area contributed by atoms with Crippen molar-refractivity contribution < 1.29 is 13.9 Å². The summed E-state index contributed by atoms with van der Waals surface area (Å²) >= 11 is 0. The van der Waals surface area contributed by atoms with Crippen molar-refractivity contribution >= 4 is 28.1 Å². The zero-order chi connectivity index (χ0) is 16.0. The summed E-state index contributed by atoms with van der Waals surface area (Å²) in [5.41, 5.74) is 0.381. The highest BCUT2D eigenvalue weighted by Crippen LogP contribution is 2.22. The molecule has 0 saturated carbocycles. The Morgan fingerprint density at radius 3 is 2.67 bits per heavy atom. The molecule has 0 aromatic heterocycles. The van der Waals surface area contributed by atoms with Gasteiger partial charge in [0.1, 0.15) is 5.56 Å². The fourth-order valence-electron chi connectivity index (χ4n) is 1.89. The lowest BCUT2D eigenvalue weighted by Gasteiger charge is -2.13. The average molecular weight is 313 g/mol. The van der Waals surface area contributed by atoms with E-state index in [9.17, 15) is 19.1 Å². The SMILES string of the molecule is CCNc1ccc([N+](=O)[O-])c(C(=O)NC(C)CS(C)=O)c1. The molecule has 0 aliphatic rings. The molecular formula is C13H19N3O4S. The second-order valence-electron chi connectivity index (χ2n) is 4.63. The van der Waals surface area contributed by atoms with E-state index in [1.165, 1.54) is 18.4 Å². The Morgan fingerprint density at radius 2 is 2.14 bits per heavy atom. The van der Waals surface area contributed by atoms with Gasteiger partial charge in [0, 0.05) is 47.1 Å². The summed E-state index contributed by atoms with van der Waals surface area (Å²) in [6, 6.07) is 3.98. The number of carbonyl (C=O) groups is 1. The number of nitrogens with zero attached hydrogens (tertiary/aromatic N) is 1. The van der Waals surface area contributed by atoms with Crippen molar-refractivity contribution in [3.63, 3.8) is 0 Å². The van der Waals surface area contributed by atoms with Gasteiger partial charge in [0.05, 0.1) is 4.92 Å². The van der Waals surface area contributed by atoms with Crippen LogP contribution >= 0.6 is 0 Å². The normalized spacial score (nSPS) is 13.3. The van der Waals surface area contributed by atoms with Crippen LogP contribution in [0.15, 0.2) is 18.2 Å². The first kappa shape index (κ1) is 17.1. The van der Waals surface area contributed by atoms with Gasteiger partial charge in [-0.1, -0.05) is 0 Å². The van der Waals surface area contributed by atoms with Crippen LogP contribution in [0.3, 0.4) is 0 Å². The second-order valence-corrected chi connectivity index (χ2v) is 6.11. The van der Waals surface area contributed by atoms with Gasteiger partial charge in [-0.05, 0) is 26.0 Å². The lowest BCUT2D eigenvalue weighted by Crippen LogP contribution is -2.36. The molecule has 0 bridgehead atoms. The maximum atomic E-state index is 12.2. The summed E-state index contributed by atoms with van der Waals surface area (Å²) in [6.07, 6.45) is 1.54. The van der Waals surface area contributed by atoms with Crippen molar-refractivity contribution in [1.82, 2.24) is 5.32 Å². The Hall–Kier alpha value is -1.96. The molecule has 2 atom stereocenters. The molecule has 116 valence electrons. The Morgan fingerprint density at radius 1 is 1.48 bits per heavy atom. The van der Waals surface area contributed by atoms with Gasteiger partial charge in [-0.25, -0.2) is 0 Å². The van der Waals surface area contributed by atoms with Gasteiger partial charge in [0.2, 0.25) is 0 Å². The summed E-state index contributed by atoms with van der Waals surface area (Å²) in [4.78, 5) is 22.6. The maximum absolute atomic E-state index is 12.2. The molecule has 0 fully saturated rings. The summed E-state index contributed by atoms with van der Waals surface area (Å²) < 4.78 is 11.1. The number of benzene rings is 1. The van der Waals surface area contributed by atoms with Crippen LogP contribution in [0.2, 0.25) is 0 Å². The van der Waals surface area contributed by atoms with E-state index >= 15 is 0 Å². The van der Waals surface area contributed by atoms with Crippen molar-refractivity contribution in [3.8, 4) is 0 Å². The zero-order valence-corrected chi connectivity index (χ0v) is 13.0.